The number of likely N-dealkylation sites (N-methyl/N-ethyl adjacent to an activating group) is 2. The lowest BCUT2D eigenvalue weighted by molar-refractivity contribution is -0.146. The number of carbonyl (C=O) groups excluding carboxylic acids is 2. The summed E-state index contributed by atoms with van der Waals surface area (Å²) in [5.74, 6) is -0.193. The molecule has 1 rings (SSSR count). The predicted molar refractivity (Wildman–Crippen MR) is 74.0 cm³/mol. The van der Waals surface area contributed by atoms with E-state index in [1.807, 2.05) is 6.92 Å². The third kappa shape index (κ3) is 2.63. The van der Waals surface area contributed by atoms with Crippen molar-refractivity contribution in [1.29, 1.82) is 0 Å². The number of rotatable bonds is 5. The number of nitrogens with two attached hydrogens (primary N) is 1. The van der Waals surface area contributed by atoms with Crippen molar-refractivity contribution in [3.8, 4) is 0 Å². The highest BCUT2D eigenvalue weighted by Gasteiger charge is 2.48. The van der Waals surface area contributed by atoms with Crippen molar-refractivity contribution in [3.63, 3.8) is 0 Å². The van der Waals surface area contributed by atoms with Gasteiger partial charge in [-0.15, -0.1) is 0 Å². The van der Waals surface area contributed by atoms with E-state index < -0.39 is 5.41 Å². The lowest BCUT2D eigenvalue weighted by atomic mass is 9.67. The van der Waals surface area contributed by atoms with Gasteiger partial charge in [0.15, 0.2) is 0 Å². The number of hydrogen-bond donors (Lipinski definition) is 1. The quantitative estimate of drug-likeness (QED) is 0.734. The van der Waals surface area contributed by atoms with Gasteiger partial charge in [-0.2, -0.15) is 0 Å². The first-order valence-corrected chi connectivity index (χ1v) is 6.55. The van der Waals surface area contributed by atoms with Gasteiger partial charge in [-0.1, -0.05) is 18.6 Å². The van der Waals surface area contributed by atoms with Crippen LogP contribution in [0.4, 0.5) is 0 Å². The maximum Gasteiger partial charge on any atom is 0.241 e. The Morgan fingerprint density at radius 1 is 1.33 bits per heavy atom. The van der Waals surface area contributed by atoms with Gasteiger partial charge in [0.25, 0.3) is 0 Å². The van der Waals surface area contributed by atoms with E-state index in [4.69, 9.17) is 18.0 Å². The van der Waals surface area contributed by atoms with Crippen molar-refractivity contribution in [3.05, 3.63) is 0 Å². The monoisotopic (exact) mass is 271 g/mol. The van der Waals surface area contributed by atoms with E-state index in [0.717, 1.165) is 6.42 Å². The van der Waals surface area contributed by atoms with E-state index in [1.54, 1.807) is 19.0 Å². The van der Waals surface area contributed by atoms with Crippen molar-refractivity contribution in [2.75, 3.05) is 27.2 Å². The second-order valence-electron chi connectivity index (χ2n) is 4.91. The first kappa shape index (κ1) is 14.9. The Morgan fingerprint density at radius 2 is 1.89 bits per heavy atom. The van der Waals surface area contributed by atoms with Crippen LogP contribution < -0.4 is 5.73 Å². The van der Waals surface area contributed by atoms with Crippen LogP contribution in [-0.2, 0) is 9.59 Å². The van der Waals surface area contributed by atoms with Crippen molar-refractivity contribution < 1.29 is 9.59 Å². The van der Waals surface area contributed by atoms with Crippen LogP contribution in [0.3, 0.4) is 0 Å². The molecule has 0 heterocycles. The zero-order valence-corrected chi connectivity index (χ0v) is 12.0. The molecule has 0 atom stereocenters. The highest BCUT2D eigenvalue weighted by molar-refractivity contribution is 7.80. The fraction of sp³-hybridized carbons (Fsp3) is 0.750. The summed E-state index contributed by atoms with van der Waals surface area (Å²) in [6.07, 6.45) is 2.36. The summed E-state index contributed by atoms with van der Waals surface area (Å²) in [6.45, 7) is 2.43. The fourth-order valence-electron chi connectivity index (χ4n) is 2.03. The molecule has 0 aliphatic heterocycles. The van der Waals surface area contributed by atoms with Gasteiger partial charge in [-0.3, -0.25) is 9.59 Å². The molecule has 0 bridgehead atoms. The third-order valence-corrected chi connectivity index (χ3v) is 3.97. The van der Waals surface area contributed by atoms with Gasteiger partial charge < -0.3 is 15.5 Å². The molecule has 0 spiro atoms. The number of thiocarbonyl (C=S) groups is 1. The molecule has 1 fully saturated rings. The topological polar surface area (TPSA) is 66.6 Å². The smallest absolute Gasteiger partial charge is 0.241 e. The van der Waals surface area contributed by atoms with Crippen LogP contribution >= 0.6 is 12.2 Å². The molecule has 1 aliphatic rings. The summed E-state index contributed by atoms with van der Waals surface area (Å²) in [5, 5.41) is 0. The van der Waals surface area contributed by atoms with E-state index in [9.17, 15) is 9.59 Å². The van der Waals surface area contributed by atoms with Crippen LogP contribution in [0.5, 0.6) is 0 Å². The van der Waals surface area contributed by atoms with Crippen LogP contribution in [0, 0.1) is 5.41 Å². The number of hydrogen-bond acceptors (Lipinski definition) is 3. The Morgan fingerprint density at radius 3 is 2.17 bits per heavy atom. The van der Waals surface area contributed by atoms with E-state index in [0.29, 0.717) is 19.4 Å². The molecule has 0 aromatic rings. The van der Waals surface area contributed by atoms with Gasteiger partial charge in [-0.25, -0.2) is 0 Å². The molecule has 18 heavy (non-hydrogen) atoms. The van der Waals surface area contributed by atoms with Crippen LogP contribution in [0.25, 0.3) is 0 Å². The van der Waals surface area contributed by atoms with Crippen LogP contribution in [0.15, 0.2) is 0 Å². The molecule has 2 amide bonds. The van der Waals surface area contributed by atoms with Crippen molar-refractivity contribution in [2.45, 2.75) is 26.2 Å². The van der Waals surface area contributed by atoms with Crippen molar-refractivity contribution in [2.24, 2.45) is 11.1 Å². The minimum absolute atomic E-state index is 0.0900. The predicted octanol–water partition coefficient (Wildman–Crippen LogP) is 0.380. The lowest BCUT2D eigenvalue weighted by Gasteiger charge is -2.42. The second-order valence-corrected chi connectivity index (χ2v) is 5.35. The van der Waals surface area contributed by atoms with Gasteiger partial charge in [0.1, 0.15) is 0 Å². The normalized spacial score (nSPS) is 16.6. The van der Waals surface area contributed by atoms with E-state index >= 15 is 0 Å². The third-order valence-electron chi connectivity index (χ3n) is 3.58. The molecule has 0 radical (unpaired) electrons. The average Bonchev–Trinajstić information content (AvgIpc) is 2.22. The van der Waals surface area contributed by atoms with Crippen molar-refractivity contribution >= 4 is 29.0 Å². The number of nitrogens with zero attached hydrogens (tertiary/aromatic N) is 2. The van der Waals surface area contributed by atoms with Crippen LogP contribution in [0.2, 0.25) is 0 Å². The highest BCUT2D eigenvalue weighted by Crippen LogP contribution is 2.42. The molecule has 2 N–H and O–H groups in total. The Balaban J connectivity index is 2.79. The molecule has 0 aromatic carbocycles. The standard InChI is InChI=1S/C12H21N3O2S/c1-4-15(8-9(16)14(2)3)11(17)12(10(13)18)6-5-7-12/h4-8H2,1-3H3,(H2,13,18). The van der Waals surface area contributed by atoms with E-state index in [-0.39, 0.29) is 23.3 Å². The summed E-state index contributed by atoms with van der Waals surface area (Å²) in [6, 6.07) is 0. The Labute approximate surface area is 113 Å². The van der Waals surface area contributed by atoms with Crippen molar-refractivity contribution in [1.82, 2.24) is 9.80 Å². The first-order valence-electron chi connectivity index (χ1n) is 6.14. The van der Waals surface area contributed by atoms with Gasteiger partial charge in [-0.05, 0) is 19.8 Å². The number of carbonyl (C=O) groups is 2. The molecule has 0 aromatic heterocycles. The largest absolute Gasteiger partial charge is 0.392 e. The highest BCUT2D eigenvalue weighted by atomic mass is 32.1. The van der Waals surface area contributed by atoms with Crippen LogP contribution in [-0.4, -0.2) is 53.8 Å². The van der Waals surface area contributed by atoms with Gasteiger partial charge in [0.2, 0.25) is 11.8 Å². The van der Waals surface area contributed by atoms with E-state index in [2.05, 4.69) is 0 Å². The summed E-state index contributed by atoms with van der Waals surface area (Å²) in [5.41, 5.74) is 5.01. The first-order chi connectivity index (χ1) is 8.35. The SMILES string of the molecule is CCN(CC(=O)N(C)C)C(=O)C1(C(N)=S)CCC1. The fourth-order valence-corrected chi connectivity index (χ4v) is 2.32. The lowest BCUT2D eigenvalue weighted by Crippen LogP contribution is -2.55. The molecular formula is C12H21N3O2S. The van der Waals surface area contributed by atoms with E-state index in [1.165, 1.54) is 4.90 Å². The maximum atomic E-state index is 12.5. The molecule has 0 unspecified atom stereocenters. The molecule has 1 aliphatic carbocycles. The zero-order valence-electron chi connectivity index (χ0n) is 11.2. The summed E-state index contributed by atoms with van der Waals surface area (Å²) in [4.78, 5) is 27.4. The second kappa shape index (κ2) is 5.65. The minimum Gasteiger partial charge on any atom is -0.392 e. The van der Waals surface area contributed by atoms with Gasteiger partial charge in [0, 0.05) is 20.6 Å². The Hall–Kier alpha value is -1.17. The van der Waals surface area contributed by atoms with Gasteiger partial charge in [0.05, 0.1) is 16.9 Å². The molecular weight excluding hydrogens is 250 g/mol. The molecule has 6 heteroatoms. The van der Waals surface area contributed by atoms with Crippen LogP contribution in [0.1, 0.15) is 26.2 Å². The minimum atomic E-state index is -0.696. The summed E-state index contributed by atoms with van der Waals surface area (Å²) < 4.78 is 0. The molecule has 0 saturated heterocycles. The molecule has 102 valence electrons. The number of amides is 2. The molecule has 1 saturated carbocycles. The Bertz CT molecular complexity index is 364. The maximum absolute atomic E-state index is 12.5. The summed E-state index contributed by atoms with van der Waals surface area (Å²) >= 11 is 5.02. The summed E-state index contributed by atoms with van der Waals surface area (Å²) in [7, 11) is 3.35. The molecule has 5 nitrogen and oxygen atoms in total. The average molecular weight is 271 g/mol. The van der Waals surface area contributed by atoms with Gasteiger partial charge >= 0.3 is 0 Å². The zero-order chi connectivity index (χ0) is 13.9. The Kier molecular flexibility index (Phi) is 4.67.